The number of hydrogen-bond donors (Lipinski definition) is 1. The number of carbonyl (C=O) groups excluding carboxylic acids is 1. The number of nitro benzene ring substituents is 1. The second kappa shape index (κ2) is 6.70. The first-order valence-electron chi connectivity index (χ1n) is 7.84. The van der Waals surface area contributed by atoms with E-state index in [9.17, 15) is 14.9 Å². The molecule has 0 aromatic heterocycles. The SMILES string of the molecule is COc1cc2c(cc1NC(=O)c1cccc([N+](=O)[O-])c1)CCCC2. The minimum absolute atomic E-state index is 0.111. The number of aryl methyl sites for hydroxylation is 2. The Kier molecular flexibility index (Phi) is 4.46. The molecular formula is C18H18N2O4. The molecule has 0 bridgehead atoms. The maximum Gasteiger partial charge on any atom is 0.270 e. The summed E-state index contributed by atoms with van der Waals surface area (Å²) < 4.78 is 5.39. The van der Waals surface area contributed by atoms with Crippen LogP contribution in [0.2, 0.25) is 0 Å². The van der Waals surface area contributed by atoms with Crippen molar-refractivity contribution >= 4 is 17.3 Å². The zero-order valence-electron chi connectivity index (χ0n) is 13.4. The van der Waals surface area contributed by atoms with Crippen molar-refractivity contribution in [2.24, 2.45) is 0 Å². The third-order valence-corrected chi connectivity index (χ3v) is 4.23. The Hall–Kier alpha value is -2.89. The standard InChI is InChI=1S/C18H18N2O4/c1-24-17-11-13-6-3-2-5-12(13)10-16(17)19-18(21)14-7-4-8-15(9-14)20(22)23/h4,7-11H,2-3,5-6H2,1H3,(H,19,21). The molecule has 1 amide bonds. The fraction of sp³-hybridized carbons (Fsp3) is 0.278. The molecule has 0 fully saturated rings. The van der Waals surface area contributed by atoms with Gasteiger partial charge < -0.3 is 10.1 Å². The van der Waals surface area contributed by atoms with Crippen molar-refractivity contribution < 1.29 is 14.5 Å². The minimum atomic E-state index is -0.518. The summed E-state index contributed by atoms with van der Waals surface area (Å²) in [5.41, 5.74) is 3.20. The lowest BCUT2D eigenvalue weighted by Gasteiger charge is -2.19. The molecule has 3 rings (SSSR count). The molecule has 1 N–H and O–H groups in total. The normalized spacial score (nSPS) is 13.0. The number of benzene rings is 2. The molecular weight excluding hydrogens is 308 g/mol. The number of fused-ring (bicyclic) bond motifs is 1. The van der Waals surface area contributed by atoms with Gasteiger partial charge in [0.1, 0.15) is 5.75 Å². The van der Waals surface area contributed by atoms with Crippen LogP contribution in [0.25, 0.3) is 0 Å². The quantitative estimate of drug-likeness (QED) is 0.685. The smallest absolute Gasteiger partial charge is 0.270 e. The van der Waals surface area contributed by atoms with E-state index in [2.05, 4.69) is 5.32 Å². The van der Waals surface area contributed by atoms with Crippen molar-refractivity contribution in [3.8, 4) is 5.75 Å². The van der Waals surface area contributed by atoms with Crippen molar-refractivity contribution in [3.63, 3.8) is 0 Å². The van der Waals surface area contributed by atoms with E-state index in [1.807, 2.05) is 12.1 Å². The predicted octanol–water partition coefficient (Wildman–Crippen LogP) is 3.73. The molecule has 0 saturated carbocycles. The number of anilines is 1. The summed E-state index contributed by atoms with van der Waals surface area (Å²) in [6, 6.07) is 9.58. The lowest BCUT2D eigenvalue weighted by Crippen LogP contribution is -2.14. The van der Waals surface area contributed by atoms with Crippen LogP contribution in [-0.4, -0.2) is 17.9 Å². The van der Waals surface area contributed by atoms with Crippen LogP contribution in [0, 0.1) is 10.1 Å². The molecule has 0 atom stereocenters. The monoisotopic (exact) mass is 326 g/mol. The lowest BCUT2D eigenvalue weighted by molar-refractivity contribution is -0.384. The highest BCUT2D eigenvalue weighted by molar-refractivity contribution is 6.05. The summed E-state index contributed by atoms with van der Waals surface area (Å²) >= 11 is 0. The van der Waals surface area contributed by atoms with E-state index in [1.54, 1.807) is 13.2 Å². The molecule has 1 aliphatic carbocycles. The molecule has 2 aromatic carbocycles. The first-order valence-corrected chi connectivity index (χ1v) is 7.84. The van der Waals surface area contributed by atoms with E-state index in [0.29, 0.717) is 11.4 Å². The molecule has 0 unspecified atom stereocenters. The summed E-state index contributed by atoms with van der Waals surface area (Å²) in [6.45, 7) is 0. The summed E-state index contributed by atoms with van der Waals surface area (Å²) in [4.78, 5) is 22.8. The summed E-state index contributed by atoms with van der Waals surface area (Å²) in [5.74, 6) is 0.210. The van der Waals surface area contributed by atoms with Crippen molar-refractivity contribution in [1.82, 2.24) is 0 Å². The minimum Gasteiger partial charge on any atom is -0.495 e. The Bertz CT molecular complexity index is 802. The highest BCUT2D eigenvalue weighted by Gasteiger charge is 2.17. The molecule has 24 heavy (non-hydrogen) atoms. The number of ether oxygens (including phenoxy) is 1. The number of non-ortho nitro benzene ring substituents is 1. The average Bonchev–Trinajstić information content (AvgIpc) is 2.61. The van der Waals surface area contributed by atoms with Crippen LogP contribution in [0.4, 0.5) is 11.4 Å². The summed E-state index contributed by atoms with van der Waals surface area (Å²) in [5, 5.41) is 13.7. The van der Waals surface area contributed by atoms with Gasteiger partial charge in [0.2, 0.25) is 0 Å². The van der Waals surface area contributed by atoms with E-state index in [4.69, 9.17) is 4.74 Å². The van der Waals surface area contributed by atoms with Crippen molar-refractivity contribution in [2.45, 2.75) is 25.7 Å². The Balaban J connectivity index is 1.88. The van der Waals surface area contributed by atoms with Gasteiger partial charge in [-0.2, -0.15) is 0 Å². The Morgan fingerprint density at radius 3 is 2.54 bits per heavy atom. The van der Waals surface area contributed by atoms with Crippen LogP contribution >= 0.6 is 0 Å². The van der Waals surface area contributed by atoms with Crippen LogP contribution in [0.15, 0.2) is 36.4 Å². The molecule has 2 aromatic rings. The topological polar surface area (TPSA) is 81.5 Å². The number of hydrogen-bond acceptors (Lipinski definition) is 4. The highest BCUT2D eigenvalue weighted by Crippen LogP contribution is 2.33. The fourth-order valence-electron chi connectivity index (χ4n) is 2.98. The molecule has 6 nitrogen and oxygen atoms in total. The first-order chi connectivity index (χ1) is 11.6. The third kappa shape index (κ3) is 3.22. The third-order valence-electron chi connectivity index (χ3n) is 4.23. The van der Waals surface area contributed by atoms with Crippen LogP contribution in [-0.2, 0) is 12.8 Å². The molecule has 6 heteroatoms. The Morgan fingerprint density at radius 2 is 1.88 bits per heavy atom. The maximum absolute atomic E-state index is 12.4. The number of amides is 1. The highest BCUT2D eigenvalue weighted by atomic mass is 16.6. The largest absolute Gasteiger partial charge is 0.495 e. The van der Waals surface area contributed by atoms with Crippen molar-refractivity contribution in [3.05, 3.63) is 63.2 Å². The summed E-state index contributed by atoms with van der Waals surface area (Å²) in [6.07, 6.45) is 4.30. The van der Waals surface area contributed by atoms with Crippen LogP contribution in [0.3, 0.4) is 0 Å². The lowest BCUT2D eigenvalue weighted by atomic mass is 9.91. The van der Waals surface area contributed by atoms with E-state index in [-0.39, 0.29) is 11.3 Å². The molecule has 124 valence electrons. The zero-order valence-corrected chi connectivity index (χ0v) is 13.4. The van der Waals surface area contributed by atoms with Crippen LogP contribution in [0.1, 0.15) is 34.3 Å². The van der Waals surface area contributed by atoms with Crippen molar-refractivity contribution in [1.29, 1.82) is 0 Å². The van der Waals surface area contributed by atoms with Gasteiger partial charge in [-0.3, -0.25) is 14.9 Å². The second-order valence-electron chi connectivity index (χ2n) is 5.79. The molecule has 0 aliphatic heterocycles. The van der Waals surface area contributed by atoms with Gasteiger partial charge in [0, 0.05) is 17.7 Å². The van der Waals surface area contributed by atoms with Crippen molar-refractivity contribution in [2.75, 3.05) is 12.4 Å². The molecule has 0 spiro atoms. The second-order valence-corrected chi connectivity index (χ2v) is 5.79. The Labute approximate surface area is 139 Å². The van der Waals surface area contributed by atoms with Gasteiger partial charge in [0.25, 0.3) is 11.6 Å². The van der Waals surface area contributed by atoms with Gasteiger partial charge in [-0.25, -0.2) is 0 Å². The van der Waals surface area contributed by atoms with Gasteiger partial charge in [-0.05, 0) is 55.0 Å². The fourth-order valence-corrected chi connectivity index (χ4v) is 2.98. The molecule has 1 aliphatic rings. The van der Waals surface area contributed by atoms with Gasteiger partial charge >= 0.3 is 0 Å². The number of nitro groups is 1. The van der Waals surface area contributed by atoms with E-state index < -0.39 is 10.8 Å². The number of methoxy groups -OCH3 is 1. The molecule has 0 saturated heterocycles. The average molecular weight is 326 g/mol. The number of carbonyl (C=O) groups is 1. The zero-order chi connectivity index (χ0) is 17.1. The van der Waals surface area contributed by atoms with Crippen LogP contribution in [0.5, 0.6) is 5.75 Å². The number of nitrogens with one attached hydrogen (secondary N) is 1. The van der Waals surface area contributed by atoms with E-state index >= 15 is 0 Å². The van der Waals surface area contributed by atoms with Crippen LogP contribution < -0.4 is 10.1 Å². The van der Waals surface area contributed by atoms with E-state index in [0.717, 1.165) is 25.7 Å². The van der Waals surface area contributed by atoms with Gasteiger partial charge in [-0.15, -0.1) is 0 Å². The first kappa shape index (κ1) is 16.0. The maximum atomic E-state index is 12.4. The van der Waals surface area contributed by atoms with E-state index in [1.165, 1.54) is 29.3 Å². The van der Waals surface area contributed by atoms with Gasteiger partial charge in [-0.1, -0.05) is 6.07 Å². The predicted molar refractivity (Wildman–Crippen MR) is 90.7 cm³/mol. The van der Waals surface area contributed by atoms with Gasteiger partial charge in [0.05, 0.1) is 17.7 Å². The summed E-state index contributed by atoms with van der Waals surface area (Å²) in [7, 11) is 1.56. The molecule has 0 heterocycles. The Morgan fingerprint density at radius 1 is 1.17 bits per heavy atom. The number of rotatable bonds is 4. The van der Waals surface area contributed by atoms with Gasteiger partial charge in [0.15, 0.2) is 0 Å². The molecule has 0 radical (unpaired) electrons. The number of nitrogens with zero attached hydrogens (tertiary/aromatic N) is 1.